The van der Waals surface area contributed by atoms with Crippen LogP contribution in [-0.2, 0) is 11.8 Å². The summed E-state index contributed by atoms with van der Waals surface area (Å²) in [5.41, 5.74) is 2.29. The molecule has 2 aromatic carbocycles. The average molecular weight is 500 g/mol. The van der Waals surface area contributed by atoms with Gasteiger partial charge in [0.1, 0.15) is 17.7 Å². The second-order valence-corrected chi connectivity index (χ2v) is 8.90. The van der Waals surface area contributed by atoms with Gasteiger partial charge in [-0.15, -0.1) is 10.2 Å². The fourth-order valence-electron chi connectivity index (χ4n) is 3.83. The maximum absolute atomic E-state index is 14.0. The van der Waals surface area contributed by atoms with Crippen molar-refractivity contribution in [1.29, 1.82) is 0 Å². The molecule has 0 bridgehead atoms. The zero-order valence-electron chi connectivity index (χ0n) is 19.3. The van der Waals surface area contributed by atoms with Crippen LogP contribution in [-0.4, -0.2) is 41.0 Å². The van der Waals surface area contributed by atoms with Gasteiger partial charge in [-0.1, -0.05) is 42.1 Å². The predicted octanol–water partition coefficient (Wildman–Crippen LogP) is 4.20. The summed E-state index contributed by atoms with van der Waals surface area (Å²) in [4.78, 5) is 21.6. The van der Waals surface area contributed by atoms with E-state index in [9.17, 15) is 9.18 Å². The number of thioether (sulfide) groups is 1. The first-order valence-corrected chi connectivity index (χ1v) is 12.1. The molecule has 180 valence electrons. The van der Waals surface area contributed by atoms with E-state index in [0.717, 1.165) is 11.3 Å². The third-order valence-corrected chi connectivity index (χ3v) is 6.43. The van der Waals surface area contributed by atoms with E-state index >= 15 is 0 Å². The van der Waals surface area contributed by atoms with E-state index in [0.29, 0.717) is 22.4 Å². The van der Waals surface area contributed by atoms with Gasteiger partial charge in [0.15, 0.2) is 11.0 Å². The molecule has 0 aliphatic rings. The number of para-hydroxylation sites is 1. The Bertz CT molecular complexity index is 1470. The minimum absolute atomic E-state index is 0.0776. The highest BCUT2D eigenvalue weighted by Crippen LogP contribution is 2.28. The standard InChI is InChI=1S/C26H22FN7OS/c1-33-14-13-29-25(33)23(18-7-5-9-20(27)15-18)30-22(35)17-36-26-32-31-24(19-8-6-12-28-16-19)34(26)21-10-3-2-4-11-21/h2-16,23H,17H2,1H3,(H,30,35). The largest absolute Gasteiger partial charge is 0.341 e. The van der Waals surface area contributed by atoms with Crippen LogP contribution >= 0.6 is 11.8 Å². The molecule has 5 aromatic rings. The first-order valence-electron chi connectivity index (χ1n) is 11.2. The number of nitrogens with zero attached hydrogens (tertiary/aromatic N) is 6. The molecule has 0 saturated carbocycles. The summed E-state index contributed by atoms with van der Waals surface area (Å²) in [6, 6.07) is 19.0. The summed E-state index contributed by atoms with van der Waals surface area (Å²) in [6.45, 7) is 0. The molecule has 8 nitrogen and oxygen atoms in total. The highest BCUT2D eigenvalue weighted by atomic mass is 32.2. The molecular formula is C26H22FN7OS. The van der Waals surface area contributed by atoms with Crippen LogP contribution in [0.1, 0.15) is 17.4 Å². The van der Waals surface area contributed by atoms with E-state index in [2.05, 4.69) is 25.5 Å². The van der Waals surface area contributed by atoms with Crippen molar-refractivity contribution in [2.75, 3.05) is 5.75 Å². The monoisotopic (exact) mass is 499 g/mol. The Labute approximate surface area is 211 Å². The lowest BCUT2D eigenvalue weighted by Crippen LogP contribution is -2.32. The van der Waals surface area contributed by atoms with Crippen molar-refractivity contribution in [3.63, 3.8) is 0 Å². The highest BCUT2D eigenvalue weighted by molar-refractivity contribution is 7.99. The molecule has 10 heteroatoms. The molecule has 1 unspecified atom stereocenters. The number of carbonyl (C=O) groups is 1. The zero-order valence-corrected chi connectivity index (χ0v) is 20.1. The normalized spacial score (nSPS) is 11.8. The first kappa shape index (κ1) is 23.4. The Kier molecular flexibility index (Phi) is 6.85. The molecule has 0 aliphatic carbocycles. The molecule has 0 radical (unpaired) electrons. The van der Waals surface area contributed by atoms with Crippen LogP contribution in [0.5, 0.6) is 0 Å². The van der Waals surface area contributed by atoms with Crippen molar-refractivity contribution in [1.82, 2.24) is 34.6 Å². The Morgan fingerprint density at radius 2 is 1.92 bits per heavy atom. The van der Waals surface area contributed by atoms with Crippen LogP contribution in [0.15, 0.2) is 96.7 Å². The SMILES string of the molecule is Cn1ccnc1C(NC(=O)CSc1nnc(-c2cccnc2)n1-c1ccccc1)c1cccc(F)c1. The minimum Gasteiger partial charge on any atom is -0.341 e. The van der Waals surface area contributed by atoms with Crippen LogP contribution in [0.3, 0.4) is 0 Å². The van der Waals surface area contributed by atoms with Crippen molar-refractivity contribution in [2.24, 2.45) is 7.05 Å². The zero-order chi connectivity index (χ0) is 24.9. The lowest BCUT2D eigenvalue weighted by atomic mass is 10.1. The summed E-state index contributed by atoms with van der Waals surface area (Å²) in [5, 5.41) is 12.3. The highest BCUT2D eigenvalue weighted by Gasteiger charge is 2.23. The maximum atomic E-state index is 14.0. The summed E-state index contributed by atoms with van der Waals surface area (Å²) in [7, 11) is 1.83. The quantitative estimate of drug-likeness (QED) is 0.322. The van der Waals surface area contributed by atoms with Gasteiger partial charge < -0.3 is 9.88 Å². The first-order chi connectivity index (χ1) is 17.6. The lowest BCUT2D eigenvalue weighted by molar-refractivity contribution is -0.119. The smallest absolute Gasteiger partial charge is 0.231 e. The Morgan fingerprint density at radius 3 is 2.64 bits per heavy atom. The van der Waals surface area contributed by atoms with Gasteiger partial charge in [0.05, 0.1) is 5.75 Å². The molecule has 3 aromatic heterocycles. The lowest BCUT2D eigenvalue weighted by Gasteiger charge is -2.19. The van der Waals surface area contributed by atoms with Gasteiger partial charge in [0, 0.05) is 43.1 Å². The number of halogens is 1. The van der Waals surface area contributed by atoms with Gasteiger partial charge in [-0.3, -0.25) is 14.3 Å². The fourth-order valence-corrected chi connectivity index (χ4v) is 4.59. The van der Waals surface area contributed by atoms with E-state index in [1.165, 1.54) is 23.9 Å². The maximum Gasteiger partial charge on any atom is 0.231 e. The number of imidazole rings is 1. The third kappa shape index (κ3) is 5.03. The minimum atomic E-state index is -0.605. The molecule has 1 amide bonds. The van der Waals surface area contributed by atoms with Gasteiger partial charge in [-0.25, -0.2) is 9.37 Å². The topological polar surface area (TPSA) is 90.5 Å². The van der Waals surface area contributed by atoms with Crippen molar-refractivity contribution in [3.8, 4) is 17.1 Å². The van der Waals surface area contributed by atoms with E-state index in [1.807, 2.05) is 54.1 Å². The molecule has 0 fully saturated rings. The summed E-state index contributed by atoms with van der Waals surface area (Å²) in [5.74, 6) is 0.680. The second-order valence-electron chi connectivity index (χ2n) is 7.96. The number of carbonyl (C=O) groups excluding carboxylic acids is 1. The van der Waals surface area contributed by atoms with Crippen LogP contribution in [0, 0.1) is 5.82 Å². The van der Waals surface area contributed by atoms with Crippen LogP contribution in [0.4, 0.5) is 4.39 Å². The molecule has 0 aliphatic heterocycles. The van der Waals surface area contributed by atoms with Crippen molar-refractivity contribution in [3.05, 3.63) is 109 Å². The number of amides is 1. The molecule has 1 atom stereocenters. The molecule has 0 spiro atoms. The third-order valence-electron chi connectivity index (χ3n) is 5.50. The van der Waals surface area contributed by atoms with Gasteiger partial charge in [0.2, 0.25) is 5.91 Å². The van der Waals surface area contributed by atoms with Gasteiger partial charge in [-0.2, -0.15) is 0 Å². The molecule has 1 N–H and O–H groups in total. The number of benzene rings is 2. The van der Waals surface area contributed by atoms with Gasteiger partial charge >= 0.3 is 0 Å². The van der Waals surface area contributed by atoms with Crippen molar-refractivity contribution in [2.45, 2.75) is 11.2 Å². The van der Waals surface area contributed by atoms with E-state index in [1.54, 1.807) is 41.5 Å². The Morgan fingerprint density at radius 1 is 1.06 bits per heavy atom. The van der Waals surface area contributed by atoms with E-state index in [-0.39, 0.29) is 17.5 Å². The molecular weight excluding hydrogens is 477 g/mol. The predicted molar refractivity (Wildman–Crippen MR) is 135 cm³/mol. The summed E-state index contributed by atoms with van der Waals surface area (Å²) in [6.07, 6.45) is 6.85. The second kappa shape index (κ2) is 10.5. The molecule has 36 heavy (non-hydrogen) atoms. The van der Waals surface area contributed by atoms with E-state index in [4.69, 9.17) is 0 Å². The molecule has 0 saturated heterocycles. The van der Waals surface area contributed by atoms with Crippen LogP contribution < -0.4 is 5.32 Å². The summed E-state index contributed by atoms with van der Waals surface area (Å²) >= 11 is 1.26. The van der Waals surface area contributed by atoms with Crippen LogP contribution in [0.2, 0.25) is 0 Å². The number of aryl methyl sites for hydroxylation is 1. The van der Waals surface area contributed by atoms with Crippen LogP contribution in [0.25, 0.3) is 17.1 Å². The fraction of sp³-hybridized carbons (Fsp3) is 0.115. The van der Waals surface area contributed by atoms with Gasteiger partial charge in [-0.05, 0) is 42.0 Å². The average Bonchev–Trinajstić information content (AvgIpc) is 3.53. The van der Waals surface area contributed by atoms with Gasteiger partial charge in [0.25, 0.3) is 0 Å². The molecule has 3 heterocycles. The number of hydrogen-bond acceptors (Lipinski definition) is 6. The molecule has 5 rings (SSSR count). The van der Waals surface area contributed by atoms with E-state index < -0.39 is 6.04 Å². The Balaban J connectivity index is 1.39. The number of rotatable bonds is 8. The number of pyridine rings is 1. The number of hydrogen-bond donors (Lipinski definition) is 1. The van der Waals surface area contributed by atoms with Crippen molar-refractivity contribution < 1.29 is 9.18 Å². The number of aromatic nitrogens is 6. The Hall–Kier alpha value is -4.31. The number of nitrogens with one attached hydrogen (secondary N) is 1. The van der Waals surface area contributed by atoms with Crippen molar-refractivity contribution >= 4 is 17.7 Å². The summed E-state index contributed by atoms with van der Waals surface area (Å²) < 4.78 is 17.7.